The van der Waals surface area contributed by atoms with Gasteiger partial charge in [-0.25, -0.2) is 0 Å². The van der Waals surface area contributed by atoms with Crippen LogP contribution in [0.4, 0.5) is 11.5 Å². The van der Waals surface area contributed by atoms with Crippen LogP contribution < -0.4 is 10.1 Å². The highest BCUT2D eigenvalue weighted by atomic mass is 16.5. The molecule has 0 aliphatic heterocycles. The van der Waals surface area contributed by atoms with Crippen LogP contribution in [0.25, 0.3) is 10.9 Å². The summed E-state index contributed by atoms with van der Waals surface area (Å²) < 4.78 is 5.19. The Labute approximate surface area is 116 Å². The Kier molecular flexibility index (Phi) is 3.13. The fourth-order valence-electron chi connectivity index (χ4n) is 2.23. The maximum absolute atomic E-state index is 11.3. The van der Waals surface area contributed by atoms with Gasteiger partial charge < -0.3 is 15.0 Å². The first-order valence-corrected chi connectivity index (χ1v) is 6.29. The highest BCUT2D eigenvalue weighted by molar-refractivity contribution is 6.03. The van der Waals surface area contributed by atoms with E-state index in [-0.39, 0.29) is 0 Å². The van der Waals surface area contributed by atoms with Gasteiger partial charge in [-0.05, 0) is 18.2 Å². The van der Waals surface area contributed by atoms with Crippen molar-refractivity contribution in [2.75, 3.05) is 12.4 Å². The van der Waals surface area contributed by atoms with E-state index in [4.69, 9.17) is 4.74 Å². The number of fused-ring (bicyclic) bond motifs is 1. The molecule has 0 radical (unpaired) electrons. The summed E-state index contributed by atoms with van der Waals surface area (Å²) in [5.41, 5.74) is 2.42. The molecule has 0 atom stereocenters. The summed E-state index contributed by atoms with van der Waals surface area (Å²) in [5, 5.41) is 4.13. The second-order valence-electron chi connectivity index (χ2n) is 4.43. The number of carbonyl (C=O) groups is 1. The monoisotopic (exact) mass is 266 g/mol. The number of hydrogen-bond donors (Lipinski definition) is 2. The number of aromatic amines is 1. The number of aromatic nitrogens is 1. The number of carbonyl (C=O) groups excluding carboxylic acids is 1. The fourth-order valence-corrected chi connectivity index (χ4v) is 2.23. The molecule has 4 nitrogen and oxygen atoms in total. The van der Waals surface area contributed by atoms with E-state index in [9.17, 15) is 4.79 Å². The molecule has 0 bridgehead atoms. The highest BCUT2D eigenvalue weighted by Gasteiger charge is 2.10. The molecule has 4 heteroatoms. The van der Waals surface area contributed by atoms with Crippen molar-refractivity contribution in [1.82, 2.24) is 4.98 Å². The van der Waals surface area contributed by atoms with E-state index in [1.165, 1.54) is 0 Å². The van der Waals surface area contributed by atoms with Crippen LogP contribution in [0.5, 0.6) is 5.75 Å². The van der Waals surface area contributed by atoms with Crippen LogP contribution in [0.2, 0.25) is 0 Å². The second kappa shape index (κ2) is 5.09. The first-order chi connectivity index (χ1) is 9.81. The summed E-state index contributed by atoms with van der Waals surface area (Å²) >= 11 is 0. The lowest BCUT2D eigenvalue weighted by molar-refractivity contribution is 0.112. The molecule has 0 fully saturated rings. The van der Waals surface area contributed by atoms with E-state index < -0.39 is 0 Å². The lowest BCUT2D eigenvalue weighted by Gasteiger charge is -2.07. The van der Waals surface area contributed by atoms with Crippen LogP contribution in [-0.4, -0.2) is 18.4 Å². The number of H-pyrrole nitrogens is 1. The molecule has 100 valence electrons. The van der Waals surface area contributed by atoms with E-state index in [0.717, 1.165) is 28.6 Å². The Morgan fingerprint density at radius 3 is 2.80 bits per heavy atom. The molecule has 0 spiro atoms. The molecule has 0 amide bonds. The lowest BCUT2D eigenvalue weighted by atomic mass is 10.2. The Morgan fingerprint density at radius 2 is 2.00 bits per heavy atom. The topological polar surface area (TPSA) is 54.1 Å². The molecule has 3 aromatic rings. The number of benzene rings is 2. The van der Waals surface area contributed by atoms with Crippen molar-refractivity contribution in [1.29, 1.82) is 0 Å². The number of hydrogen-bond acceptors (Lipinski definition) is 3. The van der Waals surface area contributed by atoms with E-state index in [2.05, 4.69) is 10.3 Å². The smallest absolute Gasteiger partial charge is 0.154 e. The van der Waals surface area contributed by atoms with Crippen molar-refractivity contribution in [3.05, 3.63) is 54.1 Å². The van der Waals surface area contributed by atoms with Gasteiger partial charge in [-0.3, -0.25) is 4.79 Å². The Morgan fingerprint density at radius 1 is 1.15 bits per heavy atom. The first-order valence-electron chi connectivity index (χ1n) is 6.29. The quantitative estimate of drug-likeness (QED) is 0.707. The summed E-state index contributed by atoms with van der Waals surface area (Å²) in [6, 6.07) is 15.3. The van der Waals surface area contributed by atoms with Crippen molar-refractivity contribution in [2.24, 2.45) is 0 Å². The first kappa shape index (κ1) is 12.3. The zero-order chi connectivity index (χ0) is 13.9. The molecule has 2 N–H and O–H groups in total. The largest absolute Gasteiger partial charge is 0.497 e. The minimum Gasteiger partial charge on any atom is -0.497 e. The van der Waals surface area contributed by atoms with E-state index in [1.54, 1.807) is 7.11 Å². The van der Waals surface area contributed by atoms with E-state index in [0.29, 0.717) is 11.4 Å². The van der Waals surface area contributed by atoms with E-state index >= 15 is 0 Å². The van der Waals surface area contributed by atoms with Crippen LogP contribution in [0.15, 0.2) is 48.5 Å². The molecule has 20 heavy (non-hydrogen) atoms. The molecule has 0 unspecified atom stereocenters. The lowest BCUT2D eigenvalue weighted by Crippen LogP contribution is -1.94. The van der Waals surface area contributed by atoms with Crippen LogP contribution in [0, 0.1) is 0 Å². The standard InChI is InChI=1S/C16H14N2O2/c1-20-12-6-4-5-11(9-12)17-16-14(10-19)13-7-2-3-8-15(13)18-16/h2-10,17-18H,1H3. The molecule has 2 aromatic carbocycles. The van der Waals surface area contributed by atoms with Gasteiger partial charge in [0.15, 0.2) is 6.29 Å². The van der Waals surface area contributed by atoms with Gasteiger partial charge >= 0.3 is 0 Å². The SMILES string of the molecule is COc1cccc(Nc2[nH]c3ccccc3c2C=O)c1. The number of methoxy groups -OCH3 is 1. The predicted molar refractivity (Wildman–Crippen MR) is 80.0 cm³/mol. The van der Waals surface area contributed by atoms with Gasteiger partial charge in [0.1, 0.15) is 11.6 Å². The molecule has 1 aromatic heterocycles. The van der Waals surface area contributed by atoms with Gasteiger partial charge in [-0.15, -0.1) is 0 Å². The number of anilines is 2. The molecule has 0 saturated heterocycles. The van der Waals surface area contributed by atoms with Gasteiger partial charge in [0.05, 0.1) is 12.7 Å². The Balaban J connectivity index is 2.03. The van der Waals surface area contributed by atoms with Crippen LogP contribution in [0.1, 0.15) is 10.4 Å². The summed E-state index contributed by atoms with van der Waals surface area (Å²) in [4.78, 5) is 14.5. The van der Waals surface area contributed by atoms with Gasteiger partial charge in [-0.1, -0.05) is 24.3 Å². The minimum atomic E-state index is 0.628. The normalized spacial score (nSPS) is 10.4. The number of nitrogens with one attached hydrogen (secondary N) is 2. The number of rotatable bonds is 4. The summed E-state index contributed by atoms with van der Waals surface area (Å²) in [6.07, 6.45) is 0.862. The molecule has 0 aliphatic rings. The second-order valence-corrected chi connectivity index (χ2v) is 4.43. The van der Waals surface area contributed by atoms with Crippen molar-refractivity contribution in [2.45, 2.75) is 0 Å². The molecular weight excluding hydrogens is 252 g/mol. The van der Waals surface area contributed by atoms with E-state index in [1.807, 2.05) is 48.5 Å². The molecule has 3 rings (SSSR count). The zero-order valence-corrected chi connectivity index (χ0v) is 11.0. The predicted octanol–water partition coefficient (Wildman–Crippen LogP) is 3.73. The van der Waals surface area contributed by atoms with Crippen molar-refractivity contribution >= 4 is 28.7 Å². The Hall–Kier alpha value is -2.75. The van der Waals surface area contributed by atoms with Gasteiger partial charge in [-0.2, -0.15) is 0 Å². The molecule has 0 saturated carbocycles. The molecular formula is C16H14N2O2. The van der Waals surface area contributed by atoms with Crippen molar-refractivity contribution < 1.29 is 9.53 Å². The van der Waals surface area contributed by atoms with Gasteiger partial charge in [0.25, 0.3) is 0 Å². The maximum Gasteiger partial charge on any atom is 0.154 e. The van der Waals surface area contributed by atoms with Crippen LogP contribution in [-0.2, 0) is 0 Å². The summed E-state index contributed by atoms with van der Waals surface area (Å²) in [7, 11) is 1.62. The Bertz CT molecular complexity index is 762. The summed E-state index contributed by atoms with van der Waals surface area (Å²) in [6.45, 7) is 0. The van der Waals surface area contributed by atoms with Gasteiger partial charge in [0, 0.05) is 22.7 Å². The minimum absolute atomic E-state index is 0.628. The average Bonchev–Trinajstić information content (AvgIpc) is 2.84. The summed E-state index contributed by atoms with van der Waals surface area (Å²) in [5.74, 6) is 1.45. The van der Waals surface area contributed by atoms with Gasteiger partial charge in [0.2, 0.25) is 0 Å². The number of aldehydes is 1. The third kappa shape index (κ3) is 2.12. The maximum atomic E-state index is 11.3. The zero-order valence-electron chi connectivity index (χ0n) is 11.0. The third-order valence-corrected chi connectivity index (χ3v) is 3.20. The third-order valence-electron chi connectivity index (χ3n) is 3.20. The number of ether oxygens (including phenoxy) is 1. The molecule has 1 heterocycles. The van der Waals surface area contributed by atoms with Crippen LogP contribution in [0.3, 0.4) is 0 Å². The van der Waals surface area contributed by atoms with Crippen LogP contribution >= 0.6 is 0 Å². The number of para-hydroxylation sites is 1. The fraction of sp³-hybridized carbons (Fsp3) is 0.0625. The highest BCUT2D eigenvalue weighted by Crippen LogP contribution is 2.28. The molecule has 0 aliphatic carbocycles. The van der Waals surface area contributed by atoms with Crippen molar-refractivity contribution in [3.63, 3.8) is 0 Å². The van der Waals surface area contributed by atoms with Crippen molar-refractivity contribution in [3.8, 4) is 5.75 Å². The average molecular weight is 266 g/mol.